The van der Waals surface area contributed by atoms with Crippen LogP contribution >= 0.6 is 35.3 Å². The average molecular weight is 524 g/mol. The van der Waals surface area contributed by atoms with Crippen molar-refractivity contribution in [3.8, 4) is 0 Å². The molecule has 5 rings (SSSR count). The number of thiazole rings is 1. The van der Waals surface area contributed by atoms with Gasteiger partial charge in [0, 0.05) is 24.5 Å². The summed E-state index contributed by atoms with van der Waals surface area (Å²) in [5.74, 6) is -1.45. The molecule has 0 aliphatic carbocycles. The number of anilines is 2. The van der Waals surface area contributed by atoms with Gasteiger partial charge in [0.05, 0.1) is 4.53 Å². The quantitative estimate of drug-likeness (QED) is 0.515. The maximum atomic E-state index is 13.2. The van der Waals surface area contributed by atoms with Gasteiger partial charge in [-0.15, -0.1) is 11.3 Å². The first kappa shape index (κ1) is 23.5. The Labute approximate surface area is 214 Å². The summed E-state index contributed by atoms with van der Waals surface area (Å²) in [7, 11) is 0. The summed E-state index contributed by atoms with van der Waals surface area (Å²) >= 11 is 7.53. The van der Waals surface area contributed by atoms with E-state index >= 15 is 0 Å². The Morgan fingerprint density at radius 3 is 2.63 bits per heavy atom. The number of carbonyl (C=O) groups excluding carboxylic acids is 1. The van der Waals surface area contributed by atoms with E-state index in [1.807, 2.05) is 37.3 Å². The van der Waals surface area contributed by atoms with Gasteiger partial charge in [0.2, 0.25) is 0 Å². The zero-order chi connectivity index (χ0) is 24.7. The zero-order valence-electron chi connectivity index (χ0n) is 18.8. The minimum atomic E-state index is -1.15. The Hall–Kier alpha value is -3.21. The molecule has 1 aromatic heterocycles. The molecule has 2 aromatic carbocycles. The maximum Gasteiger partial charge on any atom is 0.323 e. The minimum absolute atomic E-state index is 0.298. The number of fused-ring (bicyclic) bond motifs is 1. The van der Waals surface area contributed by atoms with Crippen LogP contribution in [0, 0.1) is 0 Å². The molecule has 1 N–H and O–H groups in total. The number of aromatic nitrogens is 1. The fourth-order valence-corrected chi connectivity index (χ4v) is 6.95. The molecule has 0 unspecified atom stereocenters. The summed E-state index contributed by atoms with van der Waals surface area (Å²) < 4.78 is 2.27. The van der Waals surface area contributed by atoms with Gasteiger partial charge in [-0.05, 0) is 54.8 Å². The Bertz CT molecular complexity index is 1540. The second-order valence-electron chi connectivity index (χ2n) is 8.07. The number of benzene rings is 2. The molecule has 0 radical (unpaired) electrons. The largest absolute Gasteiger partial charge is 0.480 e. The van der Waals surface area contributed by atoms with Crippen LogP contribution in [0.1, 0.15) is 18.1 Å². The number of amides is 1. The summed E-state index contributed by atoms with van der Waals surface area (Å²) in [5, 5.41) is 9.39. The maximum absolute atomic E-state index is 13.2. The molecular formula is C25H21N3O4S3. The first-order valence-electron chi connectivity index (χ1n) is 11.0. The third-order valence-electron chi connectivity index (χ3n) is 5.93. The Kier molecular flexibility index (Phi) is 6.35. The van der Waals surface area contributed by atoms with Crippen molar-refractivity contribution >= 4 is 73.9 Å². The molecule has 1 amide bonds. The predicted molar refractivity (Wildman–Crippen MR) is 144 cm³/mol. The van der Waals surface area contributed by atoms with Gasteiger partial charge in [0.25, 0.3) is 11.5 Å². The minimum Gasteiger partial charge on any atom is -0.480 e. The van der Waals surface area contributed by atoms with Gasteiger partial charge in [-0.25, -0.2) is 0 Å². The van der Waals surface area contributed by atoms with Crippen LogP contribution in [0.3, 0.4) is 0 Å². The highest BCUT2D eigenvalue weighted by atomic mass is 32.2. The topological polar surface area (TPSA) is 82.9 Å². The lowest BCUT2D eigenvalue weighted by Gasteiger charge is -2.19. The van der Waals surface area contributed by atoms with Crippen molar-refractivity contribution in [1.29, 1.82) is 0 Å². The zero-order valence-corrected chi connectivity index (χ0v) is 21.2. The van der Waals surface area contributed by atoms with Crippen LogP contribution in [0.15, 0.2) is 53.3 Å². The van der Waals surface area contributed by atoms with Crippen molar-refractivity contribution in [2.45, 2.75) is 19.9 Å². The number of thiocarbonyl (C=S) groups is 1. The average Bonchev–Trinajstić information content (AvgIpc) is 3.48. The van der Waals surface area contributed by atoms with Gasteiger partial charge < -0.3 is 10.0 Å². The highest BCUT2D eigenvalue weighted by molar-refractivity contribution is 8.30. The van der Waals surface area contributed by atoms with Crippen LogP contribution in [0.5, 0.6) is 0 Å². The summed E-state index contributed by atoms with van der Waals surface area (Å²) in [6.45, 7) is 2.59. The summed E-state index contributed by atoms with van der Waals surface area (Å²) in [6.07, 6.45) is 2.65. The third kappa shape index (κ3) is 4.33. The number of thioether (sulfide) groups is 1. The fraction of sp³-hybridized carbons (Fsp3) is 0.200. The molecule has 3 aromatic rings. The normalized spacial score (nSPS) is 17.5. The number of carbonyl (C=O) groups is 2. The van der Waals surface area contributed by atoms with E-state index in [0.717, 1.165) is 57.6 Å². The van der Waals surface area contributed by atoms with E-state index in [-0.39, 0.29) is 5.91 Å². The predicted octanol–water partition coefficient (Wildman–Crippen LogP) is 2.51. The molecule has 178 valence electrons. The molecule has 0 saturated carbocycles. The van der Waals surface area contributed by atoms with E-state index in [4.69, 9.17) is 12.2 Å². The third-order valence-corrected chi connectivity index (χ3v) is 8.62. The van der Waals surface area contributed by atoms with Gasteiger partial charge >= 0.3 is 5.97 Å². The number of nitrogens with zero attached hydrogens (tertiary/aromatic N) is 3. The van der Waals surface area contributed by atoms with Gasteiger partial charge in [-0.3, -0.25) is 23.9 Å². The van der Waals surface area contributed by atoms with Gasteiger partial charge in [0.1, 0.15) is 20.4 Å². The smallest absolute Gasteiger partial charge is 0.323 e. The van der Waals surface area contributed by atoms with Crippen LogP contribution in [0.25, 0.3) is 11.0 Å². The highest BCUT2D eigenvalue weighted by Gasteiger charge is 2.33. The Balaban J connectivity index is 1.60. The monoisotopic (exact) mass is 523 g/mol. The molecule has 0 atom stereocenters. The van der Waals surface area contributed by atoms with Crippen molar-refractivity contribution in [2.75, 3.05) is 18.0 Å². The number of carboxylic acids is 1. The highest BCUT2D eigenvalue weighted by Crippen LogP contribution is 2.35. The van der Waals surface area contributed by atoms with Crippen LogP contribution in [0.4, 0.5) is 11.4 Å². The molecule has 2 aliphatic heterocycles. The first-order valence-corrected chi connectivity index (χ1v) is 13.1. The van der Waals surface area contributed by atoms with Crippen LogP contribution in [-0.4, -0.2) is 43.9 Å². The van der Waals surface area contributed by atoms with Gasteiger partial charge in [0.15, 0.2) is 0 Å². The van der Waals surface area contributed by atoms with E-state index in [0.29, 0.717) is 25.0 Å². The number of rotatable bonds is 5. The number of para-hydroxylation sites is 1. The van der Waals surface area contributed by atoms with Crippen LogP contribution in [-0.2, 0) is 22.6 Å². The van der Waals surface area contributed by atoms with Crippen LogP contribution < -0.4 is 19.7 Å². The van der Waals surface area contributed by atoms with E-state index in [2.05, 4.69) is 23.1 Å². The molecule has 7 nitrogen and oxygen atoms in total. The number of aliphatic carboxylic acids is 1. The van der Waals surface area contributed by atoms with E-state index in [1.54, 1.807) is 6.08 Å². The molecule has 3 heterocycles. The second-order valence-corrected chi connectivity index (χ2v) is 10.7. The molecule has 10 heteroatoms. The summed E-state index contributed by atoms with van der Waals surface area (Å²) in [4.78, 5) is 41.5. The number of hydrogen-bond acceptors (Lipinski definition) is 7. The SMILES string of the molecule is CCN1C(=O)C(=c2sc(=Cc3ccc4c(c3)CCN4c3ccccc3)c(=O)n2CC(=O)O)SC1=S. The van der Waals surface area contributed by atoms with Gasteiger partial charge in [-0.2, -0.15) is 0 Å². The van der Waals surface area contributed by atoms with Crippen molar-refractivity contribution in [1.82, 2.24) is 9.47 Å². The first-order chi connectivity index (χ1) is 16.9. The fourth-order valence-electron chi connectivity index (χ4n) is 4.31. The number of hydrogen-bond donors (Lipinski definition) is 1. The molecule has 0 spiro atoms. The standard InChI is InChI=1S/C25H21N3O4S3/c1-2-26-23(32)21(35-25(26)33)24-28(14-20(29)30)22(31)19(34-24)13-15-8-9-18-16(12-15)10-11-27(18)17-6-4-3-5-7-17/h3-9,12-13H,2,10-11,14H2,1H3,(H,29,30). The van der Waals surface area contributed by atoms with E-state index in [1.165, 1.54) is 10.5 Å². The second kappa shape index (κ2) is 9.44. The van der Waals surface area contributed by atoms with E-state index < -0.39 is 18.1 Å². The lowest BCUT2D eigenvalue weighted by Crippen LogP contribution is -2.35. The lowest BCUT2D eigenvalue weighted by molar-refractivity contribution is -0.137. The van der Waals surface area contributed by atoms with Crippen molar-refractivity contribution in [3.63, 3.8) is 0 Å². The summed E-state index contributed by atoms with van der Waals surface area (Å²) in [6, 6.07) is 16.3. The molecule has 0 bridgehead atoms. The molecule has 35 heavy (non-hydrogen) atoms. The van der Waals surface area contributed by atoms with Crippen molar-refractivity contribution in [3.05, 3.63) is 79.2 Å². The molecule has 1 saturated heterocycles. The molecule has 1 fully saturated rings. The lowest BCUT2D eigenvalue weighted by atomic mass is 10.1. The van der Waals surface area contributed by atoms with Crippen molar-refractivity contribution < 1.29 is 14.7 Å². The van der Waals surface area contributed by atoms with E-state index in [9.17, 15) is 19.5 Å². The summed E-state index contributed by atoms with van der Waals surface area (Å²) in [5.41, 5.74) is 3.88. The van der Waals surface area contributed by atoms with Gasteiger partial charge in [-0.1, -0.05) is 48.2 Å². The van der Waals surface area contributed by atoms with Crippen LogP contribution in [0.2, 0.25) is 0 Å². The Morgan fingerprint density at radius 2 is 1.94 bits per heavy atom. The molecular weight excluding hydrogens is 502 g/mol. The number of carboxylic acid groups (broad SMARTS) is 1. The Morgan fingerprint density at radius 1 is 1.17 bits per heavy atom. The molecule has 2 aliphatic rings. The van der Waals surface area contributed by atoms with Crippen molar-refractivity contribution in [2.24, 2.45) is 0 Å².